The maximum atomic E-state index is 12.8. The van der Waals surface area contributed by atoms with Crippen LogP contribution >= 0.6 is 0 Å². The van der Waals surface area contributed by atoms with Crippen molar-refractivity contribution in [3.8, 4) is 11.5 Å². The number of hydrogen-bond acceptors (Lipinski definition) is 5. The van der Waals surface area contributed by atoms with Gasteiger partial charge in [0.25, 0.3) is 5.91 Å². The number of amides is 2. The first-order valence-electron chi connectivity index (χ1n) is 7.56. The van der Waals surface area contributed by atoms with E-state index in [0.717, 1.165) is 18.4 Å². The van der Waals surface area contributed by atoms with E-state index in [2.05, 4.69) is 0 Å². The summed E-state index contributed by atoms with van der Waals surface area (Å²) in [6.07, 6.45) is 2.04. The molecule has 5 rings (SSSR count). The molecule has 6 heteroatoms. The highest BCUT2D eigenvalue weighted by molar-refractivity contribution is 6.07. The molecule has 0 spiro atoms. The van der Waals surface area contributed by atoms with Gasteiger partial charge in [-0.2, -0.15) is 0 Å². The summed E-state index contributed by atoms with van der Waals surface area (Å²) in [7, 11) is 0. The monoisotopic (exact) mass is 301 g/mol. The third-order valence-corrected chi connectivity index (χ3v) is 5.18. The number of imide groups is 1. The molecule has 3 heterocycles. The maximum absolute atomic E-state index is 12.8. The molecule has 1 aromatic carbocycles. The van der Waals surface area contributed by atoms with Crippen LogP contribution in [0.1, 0.15) is 41.6 Å². The minimum atomic E-state index is -0.235. The number of epoxide rings is 1. The molecule has 0 bridgehead atoms. The average Bonchev–Trinajstić information content (AvgIpc) is 3.09. The third-order valence-electron chi connectivity index (χ3n) is 5.18. The molecular weight excluding hydrogens is 286 g/mol. The Morgan fingerprint density at radius 3 is 2.68 bits per heavy atom. The van der Waals surface area contributed by atoms with Gasteiger partial charge in [-0.15, -0.1) is 0 Å². The topological polar surface area (TPSA) is 68.4 Å². The fourth-order valence-corrected chi connectivity index (χ4v) is 4.13. The van der Waals surface area contributed by atoms with Crippen LogP contribution in [0.4, 0.5) is 0 Å². The Labute approximate surface area is 126 Å². The van der Waals surface area contributed by atoms with E-state index in [0.29, 0.717) is 17.1 Å². The SMILES string of the molecule is CC(=O)N1C(=O)c2cc3c(cc2[C@H]2C[C@@H]4O[C@@H]4C[C@@H]21)OCO3. The van der Waals surface area contributed by atoms with Crippen LogP contribution in [0.3, 0.4) is 0 Å². The summed E-state index contributed by atoms with van der Waals surface area (Å²) in [5.41, 5.74) is 1.52. The van der Waals surface area contributed by atoms with Crippen LogP contribution in [-0.2, 0) is 9.53 Å². The number of nitrogens with zero attached hydrogens (tertiary/aromatic N) is 1. The Bertz CT molecular complexity index is 715. The molecule has 3 aliphatic heterocycles. The van der Waals surface area contributed by atoms with E-state index in [1.807, 2.05) is 6.07 Å². The van der Waals surface area contributed by atoms with Gasteiger partial charge in [-0.3, -0.25) is 14.5 Å². The van der Waals surface area contributed by atoms with Crippen molar-refractivity contribution in [3.05, 3.63) is 23.3 Å². The highest BCUT2D eigenvalue weighted by Crippen LogP contribution is 2.51. The van der Waals surface area contributed by atoms with E-state index in [9.17, 15) is 9.59 Å². The molecule has 1 saturated heterocycles. The Morgan fingerprint density at radius 2 is 1.91 bits per heavy atom. The van der Waals surface area contributed by atoms with Crippen LogP contribution < -0.4 is 9.47 Å². The third kappa shape index (κ3) is 1.53. The summed E-state index contributed by atoms with van der Waals surface area (Å²) < 4.78 is 16.5. The van der Waals surface area contributed by atoms with Gasteiger partial charge in [0.05, 0.1) is 12.2 Å². The fourth-order valence-electron chi connectivity index (χ4n) is 4.13. The van der Waals surface area contributed by atoms with Gasteiger partial charge < -0.3 is 14.2 Å². The van der Waals surface area contributed by atoms with Gasteiger partial charge in [0.1, 0.15) is 0 Å². The molecule has 114 valence electrons. The molecule has 4 aliphatic rings. The van der Waals surface area contributed by atoms with E-state index in [1.165, 1.54) is 11.8 Å². The van der Waals surface area contributed by atoms with Crippen LogP contribution in [0, 0.1) is 0 Å². The van der Waals surface area contributed by atoms with E-state index < -0.39 is 0 Å². The van der Waals surface area contributed by atoms with Gasteiger partial charge in [-0.05, 0) is 30.5 Å². The lowest BCUT2D eigenvalue weighted by molar-refractivity contribution is -0.129. The first-order chi connectivity index (χ1) is 10.6. The molecule has 2 fully saturated rings. The van der Waals surface area contributed by atoms with Crippen molar-refractivity contribution < 1.29 is 23.8 Å². The number of ether oxygens (including phenoxy) is 3. The number of fused-ring (bicyclic) bond motifs is 5. The molecule has 0 N–H and O–H groups in total. The Kier molecular flexibility index (Phi) is 2.27. The van der Waals surface area contributed by atoms with Crippen LogP contribution in [0.15, 0.2) is 12.1 Å². The van der Waals surface area contributed by atoms with E-state index in [4.69, 9.17) is 14.2 Å². The highest BCUT2D eigenvalue weighted by atomic mass is 16.7. The van der Waals surface area contributed by atoms with Crippen molar-refractivity contribution in [2.75, 3.05) is 6.79 Å². The first-order valence-corrected chi connectivity index (χ1v) is 7.56. The minimum Gasteiger partial charge on any atom is -0.454 e. The van der Waals surface area contributed by atoms with Gasteiger partial charge in [-0.25, -0.2) is 0 Å². The largest absolute Gasteiger partial charge is 0.454 e. The van der Waals surface area contributed by atoms with E-state index in [1.54, 1.807) is 6.07 Å². The second kappa shape index (κ2) is 4.01. The number of carbonyl (C=O) groups is 2. The second-order valence-corrected chi connectivity index (χ2v) is 6.35. The van der Waals surface area contributed by atoms with Crippen LogP contribution in [-0.4, -0.2) is 41.8 Å². The van der Waals surface area contributed by atoms with Gasteiger partial charge in [0, 0.05) is 24.4 Å². The lowest BCUT2D eigenvalue weighted by Gasteiger charge is -2.42. The molecule has 1 saturated carbocycles. The zero-order chi connectivity index (χ0) is 15.0. The van der Waals surface area contributed by atoms with Gasteiger partial charge in [-0.1, -0.05) is 0 Å². The summed E-state index contributed by atoms with van der Waals surface area (Å²) in [6.45, 7) is 1.62. The Hall–Kier alpha value is -2.08. The van der Waals surface area contributed by atoms with Crippen molar-refractivity contribution in [1.82, 2.24) is 4.90 Å². The first kappa shape index (κ1) is 12.5. The van der Waals surface area contributed by atoms with E-state index >= 15 is 0 Å². The van der Waals surface area contributed by atoms with Gasteiger partial charge >= 0.3 is 0 Å². The lowest BCUT2D eigenvalue weighted by atomic mass is 9.74. The Morgan fingerprint density at radius 1 is 1.18 bits per heavy atom. The van der Waals surface area contributed by atoms with Gasteiger partial charge in [0.15, 0.2) is 11.5 Å². The molecule has 6 nitrogen and oxygen atoms in total. The predicted molar refractivity (Wildman–Crippen MR) is 73.8 cm³/mol. The quantitative estimate of drug-likeness (QED) is 0.678. The predicted octanol–water partition coefficient (Wildman–Crippen LogP) is 1.43. The van der Waals surface area contributed by atoms with Gasteiger partial charge in [0.2, 0.25) is 12.7 Å². The number of rotatable bonds is 0. The second-order valence-electron chi connectivity index (χ2n) is 6.35. The maximum Gasteiger partial charge on any atom is 0.261 e. The summed E-state index contributed by atoms with van der Waals surface area (Å²) in [6, 6.07) is 3.51. The van der Waals surface area contributed by atoms with E-state index in [-0.39, 0.29) is 42.8 Å². The zero-order valence-electron chi connectivity index (χ0n) is 12.1. The van der Waals surface area contributed by atoms with Crippen LogP contribution in [0.25, 0.3) is 0 Å². The summed E-state index contributed by atoms with van der Waals surface area (Å²) in [5, 5.41) is 0. The molecule has 1 aliphatic carbocycles. The fraction of sp³-hybridized carbons (Fsp3) is 0.500. The van der Waals surface area contributed by atoms with Crippen molar-refractivity contribution in [1.29, 1.82) is 0 Å². The number of hydrogen-bond donors (Lipinski definition) is 0. The standard InChI is InChI=1S/C16H15NO5/c1-7(18)17-11-5-15-14(22-15)3-9(11)8-2-12-13(21-6-20-12)4-10(8)16(17)19/h2,4,9,11,14-15H,3,5-6H2,1H3/t9-,11+,14+,15-/m1/s1. The van der Waals surface area contributed by atoms with Crippen LogP contribution in [0.5, 0.6) is 11.5 Å². The summed E-state index contributed by atoms with van der Waals surface area (Å²) >= 11 is 0. The normalized spacial score (nSPS) is 33.9. The van der Waals surface area contributed by atoms with Crippen molar-refractivity contribution in [3.63, 3.8) is 0 Å². The molecular formula is C16H15NO5. The smallest absolute Gasteiger partial charge is 0.261 e. The molecule has 0 radical (unpaired) electrons. The summed E-state index contributed by atoms with van der Waals surface area (Å²) in [5.74, 6) is 0.934. The molecule has 22 heavy (non-hydrogen) atoms. The van der Waals surface area contributed by atoms with Crippen molar-refractivity contribution >= 4 is 11.8 Å². The zero-order valence-corrected chi connectivity index (χ0v) is 12.1. The number of carbonyl (C=O) groups excluding carboxylic acids is 2. The minimum absolute atomic E-state index is 0.110. The average molecular weight is 301 g/mol. The lowest BCUT2D eigenvalue weighted by Crippen LogP contribution is -2.52. The molecule has 2 amide bonds. The molecule has 1 aromatic rings. The Balaban J connectivity index is 1.68. The van der Waals surface area contributed by atoms with Crippen molar-refractivity contribution in [2.24, 2.45) is 0 Å². The molecule has 0 aromatic heterocycles. The summed E-state index contributed by atoms with van der Waals surface area (Å²) in [4.78, 5) is 26.2. The molecule has 0 unspecified atom stereocenters. The highest BCUT2D eigenvalue weighted by Gasteiger charge is 2.54. The molecule has 4 atom stereocenters. The van der Waals surface area contributed by atoms with Crippen molar-refractivity contribution in [2.45, 2.75) is 43.9 Å². The number of benzene rings is 1. The van der Waals surface area contributed by atoms with Crippen LogP contribution in [0.2, 0.25) is 0 Å².